The van der Waals surface area contributed by atoms with Gasteiger partial charge in [0.15, 0.2) is 0 Å². The van der Waals surface area contributed by atoms with E-state index in [2.05, 4.69) is 12.2 Å². The minimum absolute atomic E-state index is 0.134. The average Bonchev–Trinajstić information content (AvgIpc) is 2.92. The number of aryl methyl sites for hydroxylation is 1. The first-order valence-corrected chi connectivity index (χ1v) is 6.70. The maximum absolute atomic E-state index is 11.9. The number of urea groups is 1. The Hall–Kier alpha value is -1.98. The highest BCUT2D eigenvalue weighted by Gasteiger charge is 2.34. The lowest BCUT2D eigenvalue weighted by Crippen LogP contribution is -2.38. The number of carbonyl (C=O) groups excluding carboxylic acids is 1. The second-order valence-corrected chi connectivity index (χ2v) is 5.50. The SMILES string of the molecule is Cc1oc(CNC(=O)N(C)CC2CC2C)cc1C(=O)O. The Morgan fingerprint density at radius 1 is 1.55 bits per heavy atom. The predicted octanol–water partition coefficient (Wildman–Crippen LogP) is 2.08. The third-order valence-electron chi connectivity index (χ3n) is 3.74. The number of amides is 2. The van der Waals surface area contributed by atoms with Gasteiger partial charge in [-0.25, -0.2) is 9.59 Å². The molecular weight excluding hydrogens is 260 g/mol. The van der Waals surface area contributed by atoms with Crippen LogP contribution in [-0.4, -0.2) is 35.6 Å². The van der Waals surface area contributed by atoms with E-state index in [9.17, 15) is 9.59 Å². The Balaban J connectivity index is 1.83. The van der Waals surface area contributed by atoms with Crippen molar-refractivity contribution in [1.82, 2.24) is 10.2 Å². The summed E-state index contributed by atoms with van der Waals surface area (Å²) < 4.78 is 5.30. The van der Waals surface area contributed by atoms with Gasteiger partial charge in [0.2, 0.25) is 0 Å². The lowest BCUT2D eigenvalue weighted by Gasteiger charge is -2.17. The number of carboxylic acid groups (broad SMARTS) is 1. The zero-order valence-electron chi connectivity index (χ0n) is 12.0. The molecule has 2 amide bonds. The van der Waals surface area contributed by atoms with Gasteiger partial charge in [-0.15, -0.1) is 0 Å². The first kappa shape index (κ1) is 14.4. The molecule has 6 heteroatoms. The van der Waals surface area contributed by atoms with Crippen LogP contribution in [0.2, 0.25) is 0 Å². The van der Waals surface area contributed by atoms with E-state index >= 15 is 0 Å². The Morgan fingerprint density at radius 3 is 2.70 bits per heavy atom. The summed E-state index contributed by atoms with van der Waals surface area (Å²) in [4.78, 5) is 24.4. The van der Waals surface area contributed by atoms with Crippen LogP contribution in [0.3, 0.4) is 0 Å². The van der Waals surface area contributed by atoms with Crippen LogP contribution < -0.4 is 5.32 Å². The average molecular weight is 280 g/mol. The van der Waals surface area contributed by atoms with E-state index in [4.69, 9.17) is 9.52 Å². The van der Waals surface area contributed by atoms with Crippen LogP contribution in [-0.2, 0) is 6.54 Å². The van der Waals surface area contributed by atoms with Gasteiger partial charge >= 0.3 is 12.0 Å². The van der Waals surface area contributed by atoms with Crippen LogP contribution in [0.4, 0.5) is 4.79 Å². The molecule has 1 heterocycles. The zero-order valence-corrected chi connectivity index (χ0v) is 12.0. The number of carboxylic acids is 1. The van der Waals surface area contributed by atoms with E-state index in [1.165, 1.54) is 12.5 Å². The molecule has 1 aromatic heterocycles. The van der Waals surface area contributed by atoms with Gasteiger partial charge in [0, 0.05) is 13.6 Å². The number of carbonyl (C=O) groups is 2. The van der Waals surface area contributed by atoms with Gasteiger partial charge in [0.05, 0.1) is 6.54 Å². The Morgan fingerprint density at radius 2 is 2.20 bits per heavy atom. The number of rotatable bonds is 5. The number of nitrogens with zero attached hydrogens (tertiary/aromatic N) is 1. The van der Waals surface area contributed by atoms with Gasteiger partial charge in [0.25, 0.3) is 0 Å². The van der Waals surface area contributed by atoms with Gasteiger partial charge in [0.1, 0.15) is 17.1 Å². The maximum atomic E-state index is 11.9. The van der Waals surface area contributed by atoms with E-state index in [1.54, 1.807) is 18.9 Å². The van der Waals surface area contributed by atoms with E-state index in [-0.39, 0.29) is 18.1 Å². The number of nitrogens with one attached hydrogen (secondary N) is 1. The molecule has 110 valence electrons. The molecule has 1 aliphatic rings. The molecular formula is C14H20N2O4. The van der Waals surface area contributed by atoms with Gasteiger partial charge in [-0.2, -0.15) is 0 Å². The van der Waals surface area contributed by atoms with Gasteiger partial charge in [-0.3, -0.25) is 0 Å². The van der Waals surface area contributed by atoms with E-state index in [1.807, 2.05) is 0 Å². The highest BCUT2D eigenvalue weighted by Crippen LogP contribution is 2.37. The first-order chi connectivity index (χ1) is 9.38. The summed E-state index contributed by atoms with van der Waals surface area (Å²) in [6.07, 6.45) is 1.18. The molecule has 2 rings (SSSR count). The van der Waals surface area contributed by atoms with Crippen molar-refractivity contribution in [3.8, 4) is 0 Å². The lowest BCUT2D eigenvalue weighted by molar-refractivity contribution is 0.0695. The summed E-state index contributed by atoms with van der Waals surface area (Å²) in [6.45, 7) is 4.72. The third-order valence-corrected chi connectivity index (χ3v) is 3.74. The van der Waals surface area contributed by atoms with E-state index in [0.29, 0.717) is 23.4 Å². The molecule has 1 aromatic rings. The quantitative estimate of drug-likeness (QED) is 0.865. The molecule has 0 radical (unpaired) electrons. The number of aromatic carboxylic acids is 1. The lowest BCUT2D eigenvalue weighted by atomic mass is 10.2. The number of hydrogen-bond acceptors (Lipinski definition) is 3. The van der Waals surface area contributed by atoms with Crippen LogP contribution in [0.25, 0.3) is 0 Å². The fourth-order valence-electron chi connectivity index (χ4n) is 2.23. The summed E-state index contributed by atoms with van der Waals surface area (Å²) in [5, 5.41) is 11.6. The molecule has 2 N–H and O–H groups in total. The van der Waals surface area contributed by atoms with Crippen molar-refractivity contribution in [3.05, 3.63) is 23.2 Å². The standard InChI is InChI=1S/C14H20N2O4/c1-8-4-10(8)7-16(3)14(19)15-6-11-5-12(13(17)18)9(2)20-11/h5,8,10H,4,6-7H2,1-3H3,(H,15,19)(H,17,18). The monoisotopic (exact) mass is 280 g/mol. The largest absolute Gasteiger partial charge is 0.478 e. The number of hydrogen-bond donors (Lipinski definition) is 2. The summed E-state index contributed by atoms with van der Waals surface area (Å²) in [6, 6.07) is 1.27. The van der Waals surface area contributed by atoms with Crippen molar-refractivity contribution < 1.29 is 19.1 Å². The molecule has 1 fully saturated rings. The molecule has 6 nitrogen and oxygen atoms in total. The minimum atomic E-state index is -1.02. The van der Waals surface area contributed by atoms with Crippen molar-refractivity contribution in [2.75, 3.05) is 13.6 Å². The highest BCUT2D eigenvalue weighted by molar-refractivity contribution is 5.88. The van der Waals surface area contributed by atoms with Crippen LogP contribution in [0, 0.1) is 18.8 Å². The fourth-order valence-corrected chi connectivity index (χ4v) is 2.23. The van der Waals surface area contributed by atoms with Gasteiger partial charge < -0.3 is 19.7 Å². The smallest absolute Gasteiger partial charge is 0.339 e. The fraction of sp³-hybridized carbons (Fsp3) is 0.571. The molecule has 0 saturated heterocycles. The van der Waals surface area contributed by atoms with E-state index in [0.717, 1.165) is 6.54 Å². The second-order valence-electron chi connectivity index (χ2n) is 5.50. The topological polar surface area (TPSA) is 82.8 Å². The molecule has 20 heavy (non-hydrogen) atoms. The summed E-state index contributed by atoms with van der Waals surface area (Å²) in [7, 11) is 1.76. The molecule has 1 saturated carbocycles. The highest BCUT2D eigenvalue weighted by atomic mass is 16.4. The first-order valence-electron chi connectivity index (χ1n) is 6.70. The van der Waals surface area contributed by atoms with Crippen LogP contribution in [0.5, 0.6) is 0 Å². The van der Waals surface area contributed by atoms with Crippen molar-refractivity contribution in [3.63, 3.8) is 0 Å². The maximum Gasteiger partial charge on any atom is 0.339 e. The summed E-state index contributed by atoms with van der Waals surface area (Å²) >= 11 is 0. The van der Waals surface area contributed by atoms with Gasteiger partial charge in [-0.1, -0.05) is 6.92 Å². The predicted molar refractivity (Wildman–Crippen MR) is 72.5 cm³/mol. The van der Waals surface area contributed by atoms with E-state index < -0.39 is 5.97 Å². The Bertz CT molecular complexity index is 523. The molecule has 1 aliphatic carbocycles. The minimum Gasteiger partial charge on any atom is -0.478 e. The summed E-state index contributed by atoms with van der Waals surface area (Å²) in [5.41, 5.74) is 0.134. The zero-order chi connectivity index (χ0) is 14.9. The van der Waals surface area contributed by atoms with Crippen LogP contribution >= 0.6 is 0 Å². The Labute approximate surface area is 117 Å². The number of furan rings is 1. The van der Waals surface area contributed by atoms with Gasteiger partial charge in [-0.05, 0) is 31.2 Å². The Kier molecular flexibility index (Phi) is 4.01. The van der Waals surface area contributed by atoms with Crippen molar-refractivity contribution in [2.45, 2.75) is 26.8 Å². The summed E-state index contributed by atoms with van der Waals surface area (Å²) in [5.74, 6) is 1.08. The van der Waals surface area contributed by atoms with Crippen molar-refractivity contribution >= 4 is 12.0 Å². The molecule has 0 spiro atoms. The van der Waals surface area contributed by atoms with Crippen molar-refractivity contribution in [1.29, 1.82) is 0 Å². The molecule has 0 aliphatic heterocycles. The molecule has 0 bridgehead atoms. The normalized spacial score (nSPS) is 20.6. The van der Waals surface area contributed by atoms with Crippen molar-refractivity contribution in [2.24, 2.45) is 11.8 Å². The van der Waals surface area contributed by atoms with Crippen LogP contribution in [0.15, 0.2) is 10.5 Å². The molecule has 0 aromatic carbocycles. The third kappa shape index (κ3) is 3.31. The molecule has 2 unspecified atom stereocenters. The van der Waals surface area contributed by atoms with Crippen LogP contribution in [0.1, 0.15) is 35.2 Å². The second kappa shape index (κ2) is 5.56. The molecule has 2 atom stereocenters.